The Balaban J connectivity index is 1.88. The first-order chi connectivity index (χ1) is 9.38. The van der Waals surface area contributed by atoms with E-state index in [1.165, 1.54) is 0 Å². The minimum Gasteiger partial charge on any atom is -0.377 e. The van der Waals surface area contributed by atoms with Crippen LogP contribution in [-0.2, 0) is 9.53 Å². The Morgan fingerprint density at radius 1 is 1.35 bits per heavy atom. The van der Waals surface area contributed by atoms with Crippen molar-refractivity contribution < 1.29 is 22.7 Å². The van der Waals surface area contributed by atoms with Crippen molar-refractivity contribution in [3.8, 4) is 0 Å². The number of carbonyl (C=O) groups excluding carboxylic acids is 1. The van der Waals surface area contributed by atoms with Crippen LogP contribution in [0.2, 0.25) is 0 Å². The van der Waals surface area contributed by atoms with Gasteiger partial charge in [0.1, 0.15) is 0 Å². The summed E-state index contributed by atoms with van der Waals surface area (Å²) in [5.41, 5.74) is 0. The summed E-state index contributed by atoms with van der Waals surface area (Å²) in [7, 11) is 0. The number of halogens is 3. The molecule has 4 nitrogen and oxygen atoms in total. The van der Waals surface area contributed by atoms with Crippen molar-refractivity contribution in [2.45, 2.75) is 44.5 Å². The normalized spacial score (nSPS) is 32.8. The fourth-order valence-electron chi connectivity index (χ4n) is 2.76. The first-order valence-corrected chi connectivity index (χ1v) is 7.08. The molecular weight excluding hydrogens is 273 g/mol. The minimum atomic E-state index is -4.17. The lowest BCUT2D eigenvalue weighted by molar-refractivity contribution is -0.180. The van der Waals surface area contributed by atoms with Gasteiger partial charge in [0.05, 0.1) is 18.1 Å². The second kappa shape index (κ2) is 6.30. The first-order valence-electron chi connectivity index (χ1n) is 7.08. The number of amides is 1. The quantitative estimate of drug-likeness (QED) is 0.798. The Labute approximate surface area is 116 Å². The summed E-state index contributed by atoms with van der Waals surface area (Å²) in [4.78, 5) is 14.0. The van der Waals surface area contributed by atoms with Crippen molar-refractivity contribution in [3.05, 3.63) is 0 Å². The number of piperidine rings is 1. The van der Waals surface area contributed by atoms with Crippen LogP contribution in [0.1, 0.15) is 26.2 Å². The molecule has 2 aliphatic rings. The number of hydrogen-bond donors (Lipinski definition) is 1. The highest BCUT2D eigenvalue weighted by molar-refractivity contribution is 5.82. The smallest absolute Gasteiger partial charge is 0.377 e. The fourth-order valence-corrected chi connectivity index (χ4v) is 2.76. The number of carbonyl (C=O) groups is 1. The van der Waals surface area contributed by atoms with E-state index in [1.54, 1.807) is 4.90 Å². The molecule has 1 N–H and O–H groups in total. The van der Waals surface area contributed by atoms with Crippen LogP contribution in [0.4, 0.5) is 13.2 Å². The lowest BCUT2D eigenvalue weighted by Gasteiger charge is -2.33. The van der Waals surface area contributed by atoms with Gasteiger partial charge in [-0.05, 0) is 26.2 Å². The summed E-state index contributed by atoms with van der Waals surface area (Å²) in [6, 6.07) is -0.487. The van der Waals surface area contributed by atoms with Crippen molar-refractivity contribution in [1.29, 1.82) is 0 Å². The monoisotopic (exact) mass is 294 g/mol. The largest absolute Gasteiger partial charge is 0.393 e. The Bertz CT molecular complexity index is 341. The predicted molar refractivity (Wildman–Crippen MR) is 67.2 cm³/mol. The molecule has 0 aliphatic carbocycles. The molecule has 0 aromatic rings. The molecule has 2 rings (SSSR count). The van der Waals surface area contributed by atoms with Crippen molar-refractivity contribution in [2.24, 2.45) is 5.92 Å². The van der Waals surface area contributed by atoms with Gasteiger partial charge in [-0.2, -0.15) is 13.2 Å². The van der Waals surface area contributed by atoms with Gasteiger partial charge in [-0.3, -0.25) is 4.79 Å². The number of alkyl halides is 3. The average molecular weight is 294 g/mol. The second-order valence-corrected chi connectivity index (χ2v) is 5.60. The van der Waals surface area contributed by atoms with Crippen LogP contribution in [0.3, 0.4) is 0 Å². The SMILES string of the molecule is CC1CN(C(=O)C2CCC(C(F)(F)F)CN2)CCCO1. The van der Waals surface area contributed by atoms with E-state index in [0.29, 0.717) is 19.7 Å². The van der Waals surface area contributed by atoms with Crippen LogP contribution >= 0.6 is 0 Å². The van der Waals surface area contributed by atoms with E-state index in [2.05, 4.69) is 5.32 Å². The minimum absolute atomic E-state index is 0.0204. The summed E-state index contributed by atoms with van der Waals surface area (Å²) in [5.74, 6) is -1.43. The number of hydrogen-bond acceptors (Lipinski definition) is 3. The van der Waals surface area contributed by atoms with Crippen molar-refractivity contribution >= 4 is 5.91 Å². The third kappa shape index (κ3) is 3.85. The molecule has 0 bridgehead atoms. The maximum absolute atomic E-state index is 12.6. The maximum Gasteiger partial charge on any atom is 0.393 e. The summed E-state index contributed by atoms with van der Waals surface area (Å²) >= 11 is 0. The van der Waals surface area contributed by atoms with Gasteiger partial charge in [-0.15, -0.1) is 0 Å². The Kier molecular flexibility index (Phi) is 4.90. The molecule has 0 aromatic carbocycles. The Hall–Kier alpha value is -0.820. The molecule has 0 spiro atoms. The van der Waals surface area contributed by atoms with Gasteiger partial charge in [0, 0.05) is 26.2 Å². The molecule has 3 unspecified atom stereocenters. The van der Waals surface area contributed by atoms with Crippen LogP contribution < -0.4 is 5.32 Å². The molecule has 20 heavy (non-hydrogen) atoms. The van der Waals surface area contributed by atoms with E-state index < -0.39 is 18.1 Å². The average Bonchev–Trinajstić information content (AvgIpc) is 2.62. The van der Waals surface area contributed by atoms with Crippen molar-refractivity contribution in [2.75, 3.05) is 26.2 Å². The molecule has 2 heterocycles. The van der Waals surface area contributed by atoms with E-state index in [4.69, 9.17) is 4.74 Å². The highest BCUT2D eigenvalue weighted by Crippen LogP contribution is 2.32. The van der Waals surface area contributed by atoms with Crippen molar-refractivity contribution in [3.63, 3.8) is 0 Å². The third-order valence-corrected chi connectivity index (χ3v) is 3.94. The summed E-state index contributed by atoms with van der Waals surface area (Å²) in [6.45, 7) is 3.49. The fraction of sp³-hybridized carbons (Fsp3) is 0.923. The van der Waals surface area contributed by atoms with Crippen LogP contribution in [0, 0.1) is 5.92 Å². The second-order valence-electron chi connectivity index (χ2n) is 5.60. The van der Waals surface area contributed by atoms with Gasteiger partial charge in [0.25, 0.3) is 0 Å². The highest BCUT2D eigenvalue weighted by atomic mass is 19.4. The molecule has 116 valence electrons. The van der Waals surface area contributed by atoms with Gasteiger partial charge in [0.15, 0.2) is 0 Å². The molecule has 1 amide bonds. The van der Waals surface area contributed by atoms with Gasteiger partial charge in [-0.25, -0.2) is 0 Å². The van der Waals surface area contributed by atoms with Crippen LogP contribution in [0.25, 0.3) is 0 Å². The number of nitrogens with one attached hydrogen (secondary N) is 1. The van der Waals surface area contributed by atoms with E-state index in [0.717, 1.165) is 6.42 Å². The molecule has 2 fully saturated rings. The number of nitrogens with zero attached hydrogens (tertiary/aromatic N) is 1. The van der Waals surface area contributed by atoms with Gasteiger partial charge >= 0.3 is 6.18 Å². The molecule has 0 aromatic heterocycles. The van der Waals surface area contributed by atoms with Gasteiger partial charge < -0.3 is 15.0 Å². The zero-order chi connectivity index (χ0) is 14.8. The predicted octanol–water partition coefficient (Wildman–Crippen LogP) is 1.55. The lowest BCUT2D eigenvalue weighted by Crippen LogP contribution is -2.53. The van der Waals surface area contributed by atoms with Gasteiger partial charge in [-0.1, -0.05) is 0 Å². The lowest BCUT2D eigenvalue weighted by atomic mass is 9.93. The summed E-state index contributed by atoms with van der Waals surface area (Å²) in [5, 5.41) is 2.76. The molecule has 0 saturated carbocycles. The van der Waals surface area contributed by atoms with E-state index >= 15 is 0 Å². The molecule has 2 saturated heterocycles. The highest BCUT2D eigenvalue weighted by Gasteiger charge is 2.43. The topological polar surface area (TPSA) is 41.6 Å². The summed E-state index contributed by atoms with van der Waals surface area (Å²) < 4.78 is 43.2. The Morgan fingerprint density at radius 3 is 2.70 bits per heavy atom. The van der Waals surface area contributed by atoms with Crippen LogP contribution in [0.15, 0.2) is 0 Å². The Morgan fingerprint density at radius 2 is 2.10 bits per heavy atom. The van der Waals surface area contributed by atoms with Crippen LogP contribution in [-0.4, -0.2) is 55.4 Å². The maximum atomic E-state index is 12.6. The molecule has 7 heteroatoms. The van der Waals surface area contributed by atoms with Crippen molar-refractivity contribution in [1.82, 2.24) is 10.2 Å². The van der Waals surface area contributed by atoms with Gasteiger partial charge in [0.2, 0.25) is 5.91 Å². The third-order valence-electron chi connectivity index (χ3n) is 3.94. The molecule has 0 radical (unpaired) electrons. The van der Waals surface area contributed by atoms with E-state index in [9.17, 15) is 18.0 Å². The molecule has 3 atom stereocenters. The van der Waals surface area contributed by atoms with E-state index in [1.807, 2.05) is 6.92 Å². The molecule has 2 aliphatic heterocycles. The first kappa shape index (κ1) is 15.6. The van der Waals surface area contributed by atoms with Crippen LogP contribution in [0.5, 0.6) is 0 Å². The number of ether oxygens (including phenoxy) is 1. The zero-order valence-corrected chi connectivity index (χ0v) is 11.6. The molecular formula is C13H21F3N2O2. The number of rotatable bonds is 1. The standard InChI is InChI=1S/C13H21F3N2O2/c1-9-8-18(5-2-6-20-9)12(19)11-4-3-10(7-17-11)13(14,15)16/h9-11,17H,2-8H2,1H3. The summed E-state index contributed by atoms with van der Waals surface area (Å²) in [6.07, 6.45) is -3.16. The van der Waals surface area contributed by atoms with E-state index in [-0.39, 0.29) is 31.4 Å². The zero-order valence-electron chi connectivity index (χ0n) is 11.6.